The molecule has 0 spiro atoms. The highest BCUT2D eigenvalue weighted by Crippen LogP contribution is 1.97. The van der Waals surface area contributed by atoms with Crippen LogP contribution >= 0.6 is 0 Å². The number of nitrogens with one attached hydrogen (secondary N) is 1. The summed E-state index contributed by atoms with van der Waals surface area (Å²) < 4.78 is 1.69. The molecule has 1 aromatic rings. The van der Waals surface area contributed by atoms with E-state index in [0.717, 1.165) is 31.6 Å². The van der Waals surface area contributed by atoms with E-state index in [1.54, 1.807) is 4.68 Å². The molecule has 0 fully saturated rings. The summed E-state index contributed by atoms with van der Waals surface area (Å²) in [5.74, 6) is 0. The fourth-order valence-electron chi connectivity index (χ4n) is 1.25. The van der Waals surface area contributed by atoms with Crippen LogP contribution in [0.4, 0.5) is 0 Å². The molecule has 0 radical (unpaired) electrons. The van der Waals surface area contributed by atoms with Gasteiger partial charge in [0.15, 0.2) is 0 Å². The molecule has 0 aliphatic heterocycles. The third kappa shape index (κ3) is 4.40. The monoisotopic (exact) mass is 212 g/mol. The normalized spacial score (nSPS) is 13.0. The minimum Gasteiger partial charge on any atom is -0.391 e. The standard InChI is InChI=1S/C10H20N4O/c1-3-5-11-6-9-7-14(13-12-9)8-10(15)4-2/h7,10-11,15H,3-6,8H2,1-2H3. The number of hydrogen-bond acceptors (Lipinski definition) is 4. The molecule has 15 heavy (non-hydrogen) atoms. The van der Waals surface area contributed by atoms with Gasteiger partial charge in [0.1, 0.15) is 0 Å². The SMILES string of the molecule is CCCNCc1cn(CC(O)CC)nn1. The molecule has 0 amide bonds. The van der Waals surface area contributed by atoms with Crippen molar-refractivity contribution in [3.05, 3.63) is 11.9 Å². The van der Waals surface area contributed by atoms with Crippen LogP contribution in [0.2, 0.25) is 0 Å². The summed E-state index contributed by atoms with van der Waals surface area (Å²) in [6, 6.07) is 0. The highest BCUT2D eigenvalue weighted by molar-refractivity contribution is 4.91. The molecular formula is C10H20N4O. The average molecular weight is 212 g/mol. The summed E-state index contributed by atoms with van der Waals surface area (Å²) in [4.78, 5) is 0. The Labute approximate surface area is 90.5 Å². The molecule has 86 valence electrons. The van der Waals surface area contributed by atoms with Crippen LogP contribution in [-0.4, -0.2) is 32.7 Å². The molecule has 0 aliphatic rings. The van der Waals surface area contributed by atoms with Gasteiger partial charge < -0.3 is 10.4 Å². The Hall–Kier alpha value is -0.940. The molecule has 0 saturated heterocycles. The molecule has 2 N–H and O–H groups in total. The minimum absolute atomic E-state index is 0.330. The molecule has 1 atom stereocenters. The van der Waals surface area contributed by atoms with Crippen LogP contribution in [-0.2, 0) is 13.1 Å². The van der Waals surface area contributed by atoms with E-state index in [2.05, 4.69) is 22.6 Å². The van der Waals surface area contributed by atoms with E-state index in [-0.39, 0.29) is 6.10 Å². The van der Waals surface area contributed by atoms with E-state index in [0.29, 0.717) is 6.54 Å². The van der Waals surface area contributed by atoms with Gasteiger partial charge in [-0.3, -0.25) is 0 Å². The number of aromatic nitrogens is 3. The van der Waals surface area contributed by atoms with Gasteiger partial charge in [0.2, 0.25) is 0 Å². The first-order valence-electron chi connectivity index (χ1n) is 5.54. The summed E-state index contributed by atoms with van der Waals surface area (Å²) in [5.41, 5.74) is 0.923. The zero-order valence-electron chi connectivity index (χ0n) is 9.48. The van der Waals surface area contributed by atoms with Crippen molar-refractivity contribution >= 4 is 0 Å². The minimum atomic E-state index is -0.330. The van der Waals surface area contributed by atoms with E-state index in [9.17, 15) is 5.11 Å². The van der Waals surface area contributed by atoms with Gasteiger partial charge in [-0.1, -0.05) is 19.1 Å². The van der Waals surface area contributed by atoms with Gasteiger partial charge in [-0.2, -0.15) is 0 Å². The predicted molar refractivity (Wildman–Crippen MR) is 58.3 cm³/mol. The Morgan fingerprint density at radius 2 is 2.33 bits per heavy atom. The van der Waals surface area contributed by atoms with E-state index in [1.165, 1.54) is 0 Å². The molecule has 0 bridgehead atoms. The molecule has 0 aliphatic carbocycles. The molecular weight excluding hydrogens is 192 g/mol. The maximum absolute atomic E-state index is 9.43. The van der Waals surface area contributed by atoms with Crippen LogP contribution in [0.25, 0.3) is 0 Å². The average Bonchev–Trinajstić information content (AvgIpc) is 2.66. The molecule has 1 heterocycles. The van der Waals surface area contributed by atoms with Crippen LogP contribution in [0.3, 0.4) is 0 Å². The second-order valence-electron chi connectivity index (χ2n) is 3.67. The molecule has 5 nitrogen and oxygen atoms in total. The van der Waals surface area contributed by atoms with E-state index >= 15 is 0 Å². The number of aliphatic hydroxyl groups is 1. The quantitative estimate of drug-likeness (QED) is 0.648. The van der Waals surface area contributed by atoms with Gasteiger partial charge >= 0.3 is 0 Å². The smallest absolute Gasteiger partial charge is 0.0964 e. The maximum Gasteiger partial charge on any atom is 0.0964 e. The van der Waals surface area contributed by atoms with Gasteiger partial charge in [-0.15, -0.1) is 5.10 Å². The lowest BCUT2D eigenvalue weighted by Gasteiger charge is -2.05. The highest BCUT2D eigenvalue weighted by atomic mass is 16.3. The molecule has 1 unspecified atom stereocenters. The van der Waals surface area contributed by atoms with Gasteiger partial charge in [0.05, 0.1) is 18.3 Å². The highest BCUT2D eigenvalue weighted by Gasteiger charge is 2.04. The molecule has 0 aromatic carbocycles. The fraction of sp³-hybridized carbons (Fsp3) is 0.800. The van der Waals surface area contributed by atoms with E-state index in [1.807, 2.05) is 13.1 Å². The second kappa shape index (κ2) is 6.53. The van der Waals surface area contributed by atoms with Crippen LogP contribution in [0.15, 0.2) is 6.20 Å². The van der Waals surface area contributed by atoms with Crippen molar-refractivity contribution in [2.75, 3.05) is 6.54 Å². The van der Waals surface area contributed by atoms with Crippen LogP contribution in [0.1, 0.15) is 32.4 Å². The maximum atomic E-state index is 9.43. The fourth-order valence-corrected chi connectivity index (χ4v) is 1.25. The first-order chi connectivity index (χ1) is 7.26. The molecule has 1 aromatic heterocycles. The van der Waals surface area contributed by atoms with Gasteiger partial charge in [-0.05, 0) is 19.4 Å². The van der Waals surface area contributed by atoms with Gasteiger partial charge in [0, 0.05) is 12.7 Å². The second-order valence-corrected chi connectivity index (χ2v) is 3.67. The van der Waals surface area contributed by atoms with Crippen LogP contribution < -0.4 is 5.32 Å². The predicted octanol–water partition coefficient (Wildman–Crippen LogP) is 0.549. The third-order valence-corrected chi connectivity index (χ3v) is 2.19. The Morgan fingerprint density at radius 3 is 3.00 bits per heavy atom. The van der Waals surface area contributed by atoms with Crippen molar-refractivity contribution in [1.82, 2.24) is 20.3 Å². The van der Waals surface area contributed by atoms with Crippen LogP contribution in [0, 0.1) is 0 Å². The van der Waals surface area contributed by atoms with Crippen molar-refractivity contribution in [2.45, 2.75) is 45.9 Å². The van der Waals surface area contributed by atoms with Gasteiger partial charge in [0.25, 0.3) is 0 Å². The summed E-state index contributed by atoms with van der Waals surface area (Å²) >= 11 is 0. The lowest BCUT2D eigenvalue weighted by atomic mass is 10.3. The first-order valence-corrected chi connectivity index (χ1v) is 5.54. The van der Waals surface area contributed by atoms with Crippen molar-refractivity contribution in [1.29, 1.82) is 0 Å². The van der Waals surface area contributed by atoms with E-state index < -0.39 is 0 Å². The summed E-state index contributed by atoms with van der Waals surface area (Å²) in [6.45, 7) is 6.34. The zero-order valence-corrected chi connectivity index (χ0v) is 9.48. The Balaban J connectivity index is 2.35. The Morgan fingerprint density at radius 1 is 1.53 bits per heavy atom. The largest absolute Gasteiger partial charge is 0.391 e. The topological polar surface area (TPSA) is 63.0 Å². The Bertz CT molecular complexity index is 274. The zero-order chi connectivity index (χ0) is 11.1. The molecule has 5 heteroatoms. The summed E-state index contributed by atoms with van der Waals surface area (Å²) in [6.07, 6.45) is 3.40. The van der Waals surface area contributed by atoms with Crippen molar-refractivity contribution in [3.63, 3.8) is 0 Å². The number of hydrogen-bond donors (Lipinski definition) is 2. The van der Waals surface area contributed by atoms with Gasteiger partial charge in [-0.25, -0.2) is 4.68 Å². The summed E-state index contributed by atoms with van der Waals surface area (Å²) in [5, 5.41) is 20.6. The van der Waals surface area contributed by atoms with Crippen molar-refractivity contribution in [2.24, 2.45) is 0 Å². The van der Waals surface area contributed by atoms with E-state index in [4.69, 9.17) is 0 Å². The number of aliphatic hydroxyl groups excluding tert-OH is 1. The lowest BCUT2D eigenvalue weighted by Crippen LogP contribution is -2.15. The first kappa shape index (κ1) is 12.1. The third-order valence-electron chi connectivity index (χ3n) is 2.19. The molecule has 1 rings (SSSR count). The summed E-state index contributed by atoms with van der Waals surface area (Å²) in [7, 11) is 0. The Kier molecular flexibility index (Phi) is 5.28. The molecule has 0 saturated carbocycles. The number of nitrogens with zero attached hydrogens (tertiary/aromatic N) is 3. The van der Waals surface area contributed by atoms with Crippen molar-refractivity contribution in [3.8, 4) is 0 Å². The lowest BCUT2D eigenvalue weighted by molar-refractivity contribution is 0.144. The van der Waals surface area contributed by atoms with Crippen molar-refractivity contribution < 1.29 is 5.11 Å². The number of rotatable bonds is 7. The van der Waals surface area contributed by atoms with Crippen LogP contribution in [0.5, 0.6) is 0 Å².